The van der Waals surface area contributed by atoms with Gasteiger partial charge in [0.05, 0.1) is 5.02 Å². The van der Waals surface area contributed by atoms with Crippen molar-refractivity contribution in [1.82, 2.24) is 10.3 Å². The lowest BCUT2D eigenvalue weighted by Gasteiger charge is -2.11. The second kappa shape index (κ2) is 6.23. The fraction of sp³-hybridized carbons (Fsp3) is 0.214. The number of aromatic nitrogens is 1. The van der Waals surface area contributed by atoms with Crippen LogP contribution in [0.5, 0.6) is 0 Å². The fourth-order valence-electron chi connectivity index (χ4n) is 1.56. The van der Waals surface area contributed by atoms with Crippen LogP contribution in [0.15, 0.2) is 52.5 Å². The second-order valence-electron chi connectivity index (χ2n) is 3.97. The number of benzene rings is 1. The maximum absolute atomic E-state index is 6.14. The summed E-state index contributed by atoms with van der Waals surface area (Å²) < 4.78 is 0. The zero-order valence-corrected chi connectivity index (χ0v) is 11.9. The van der Waals surface area contributed by atoms with Gasteiger partial charge in [-0.2, -0.15) is 0 Å². The van der Waals surface area contributed by atoms with Crippen molar-refractivity contribution >= 4 is 23.4 Å². The molecule has 0 saturated carbocycles. The van der Waals surface area contributed by atoms with Crippen LogP contribution in [-0.2, 0) is 0 Å². The maximum Gasteiger partial charge on any atom is 0.101 e. The molecule has 0 bridgehead atoms. The topological polar surface area (TPSA) is 24.9 Å². The van der Waals surface area contributed by atoms with Gasteiger partial charge in [0.1, 0.15) is 5.03 Å². The molecule has 0 saturated heterocycles. The van der Waals surface area contributed by atoms with E-state index in [0.29, 0.717) is 6.04 Å². The molecule has 0 aliphatic heterocycles. The van der Waals surface area contributed by atoms with Gasteiger partial charge in [0.2, 0.25) is 0 Å². The van der Waals surface area contributed by atoms with Gasteiger partial charge in [-0.3, -0.25) is 0 Å². The zero-order chi connectivity index (χ0) is 13.0. The first kappa shape index (κ1) is 13.4. The number of halogens is 1. The van der Waals surface area contributed by atoms with E-state index in [1.807, 2.05) is 43.6 Å². The lowest BCUT2D eigenvalue weighted by Crippen LogP contribution is -2.12. The van der Waals surface area contributed by atoms with Gasteiger partial charge < -0.3 is 5.32 Å². The van der Waals surface area contributed by atoms with Crippen molar-refractivity contribution in [3.63, 3.8) is 0 Å². The molecule has 1 N–H and O–H groups in total. The highest BCUT2D eigenvalue weighted by atomic mass is 35.5. The molecule has 1 aromatic heterocycles. The highest BCUT2D eigenvalue weighted by Gasteiger charge is 2.06. The number of rotatable bonds is 4. The fourth-order valence-corrected chi connectivity index (χ4v) is 2.65. The molecule has 1 aromatic carbocycles. The van der Waals surface area contributed by atoms with Gasteiger partial charge in [-0.25, -0.2) is 4.98 Å². The Balaban J connectivity index is 2.22. The van der Waals surface area contributed by atoms with Crippen LogP contribution in [-0.4, -0.2) is 12.0 Å². The Labute approximate surface area is 117 Å². The molecule has 2 nitrogen and oxygen atoms in total. The number of hydrogen-bond acceptors (Lipinski definition) is 3. The first-order valence-electron chi connectivity index (χ1n) is 5.76. The molecule has 0 spiro atoms. The summed E-state index contributed by atoms with van der Waals surface area (Å²) in [6, 6.07) is 12.2. The lowest BCUT2D eigenvalue weighted by molar-refractivity contribution is 0.649. The third-order valence-electron chi connectivity index (χ3n) is 2.74. The van der Waals surface area contributed by atoms with Crippen LogP contribution in [0.25, 0.3) is 0 Å². The highest BCUT2D eigenvalue weighted by Crippen LogP contribution is 2.32. The monoisotopic (exact) mass is 278 g/mol. The van der Waals surface area contributed by atoms with Gasteiger partial charge in [0, 0.05) is 17.1 Å². The molecule has 2 aromatic rings. The smallest absolute Gasteiger partial charge is 0.101 e. The molecule has 1 atom stereocenters. The quantitative estimate of drug-likeness (QED) is 0.909. The average Bonchev–Trinajstić information content (AvgIpc) is 2.41. The number of pyridine rings is 1. The summed E-state index contributed by atoms with van der Waals surface area (Å²) in [5.74, 6) is 0. The Morgan fingerprint density at radius 1 is 1.28 bits per heavy atom. The molecule has 0 aliphatic carbocycles. The Hall–Kier alpha value is -1.03. The van der Waals surface area contributed by atoms with Crippen LogP contribution in [0.2, 0.25) is 5.02 Å². The normalized spacial score (nSPS) is 12.4. The molecule has 1 unspecified atom stereocenters. The first-order valence-corrected chi connectivity index (χ1v) is 6.95. The zero-order valence-electron chi connectivity index (χ0n) is 10.4. The SMILES string of the molecule is CNC(C)c1ccnc(Sc2ccccc2Cl)c1. The van der Waals surface area contributed by atoms with Gasteiger partial charge in [0.25, 0.3) is 0 Å². The van der Waals surface area contributed by atoms with E-state index >= 15 is 0 Å². The van der Waals surface area contributed by atoms with Crippen LogP contribution in [0.1, 0.15) is 18.5 Å². The minimum Gasteiger partial charge on any atom is -0.313 e. The van der Waals surface area contributed by atoms with Crippen LogP contribution in [0.4, 0.5) is 0 Å². The molecule has 0 aliphatic rings. The largest absolute Gasteiger partial charge is 0.313 e. The molecule has 0 radical (unpaired) electrons. The second-order valence-corrected chi connectivity index (χ2v) is 5.44. The van der Waals surface area contributed by atoms with Gasteiger partial charge >= 0.3 is 0 Å². The highest BCUT2D eigenvalue weighted by molar-refractivity contribution is 7.99. The van der Waals surface area contributed by atoms with E-state index in [4.69, 9.17) is 11.6 Å². The number of hydrogen-bond donors (Lipinski definition) is 1. The van der Waals surface area contributed by atoms with Crippen LogP contribution in [0.3, 0.4) is 0 Å². The van der Waals surface area contributed by atoms with Crippen LogP contribution < -0.4 is 5.32 Å². The van der Waals surface area contributed by atoms with E-state index in [-0.39, 0.29) is 0 Å². The van der Waals surface area contributed by atoms with E-state index < -0.39 is 0 Å². The summed E-state index contributed by atoms with van der Waals surface area (Å²) >= 11 is 7.73. The molecule has 0 fully saturated rings. The van der Waals surface area contributed by atoms with E-state index in [9.17, 15) is 0 Å². The summed E-state index contributed by atoms with van der Waals surface area (Å²) in [6.07, 6.45) is 1.84. The molecular weight excluding hydrogens is 264 g/mol. The van der Waals surface area contributed by atoms with Crippen molar-refractivity contribution in [2.75, 3.05) is 7.05 Å². The van der Waals surface area contributed by atoms with Gasteiger partial charge in [-0.15, -0.1) is 0 Å². The van der Waals surface area contributed by atoms with Gasteiger partial charge in [-0.05, 0) is 43.8 Å². The molecule has 4 heteroatoms. The molecule has 1 heterocycles. The van der Waals surface area contributed by atoms with E-state index in [0.717, 1.165) is 14.9 Å². The molecule has 94 valence electrons. The third-order valence-corrected chi connectivity index (χ3v) is 4.19. The Morgan fingerprint density at radius 3 is 2.78 bits per heavy atom. The summed E-state index contributed by atoms with van der Waals surface area (Å²) in [7, 11) is 1.95. The van der Waals surface area contributed by atoms with Crippen molar-refractivity contribution < 1.29 is 0 Å². The minimum atomic E-state index is 0.318. The summed E-state index contributed by atoms with van der Waals surface area (Å²) in [4.78, 5) is 5.40. The summed E-state index contributed by atoms with van der Waals surface area (Å²) in [5.41, 5.74) is 1.22. The Morgan fingerprint density at radius 2 is 2.06 bits per heavy atom. The van der Waals surface area contributed by atoms with Gasteiger partial charge in [0.15, 0.2) is 0 Å². The standard InChI is InChI=1S/C14H15ClN2S/c1-10(16-2)11-7-8-17-14(9-11)18-13-6-4-3-5-12(13)15/h3-10,16H,1-2H3. The summed E-state index contributed by atoms with van der Waals surface area (Å²) in [6.45, 7) is 2.12. The average molecular weight is 279 g/mol. The van der Waals surface area contributed by atoms with Crippen molar-refractivity contribution in [3.8, 4) is 0 Å². The maximum atomic E-state index is 6.14. The molecule has 0 amide bonds. The van der Waals surface area contributed by atoms with Gasteiger partial charge in [-0.1, -0.05) is 35.5 Å². The van der Waals surface area contributed by atoms with Crippen LogP contribution in [0, 0.1) is 0 Å². The van der Waals surface area contributed by atoms with Crippen molar-refractivity contribution in [2.24, 2.45) is 0 Å². The first-order chi connectivity index (χ1) is 8.70. The number of nitrogens with one attached hydrogen (secondary N) is 1. The minimum absolute atomic E-state index is 0.318. The Kier molecular flexibility index (Phi) is 4.64. The number of nitrogens with zero attached hydrogens (tertiary/aromatic N) is 1. The molecule has 18 heavy (non-hydrogen) atoms. The molecule has 2 rings (SSSR count). The van der Waals surface area contributed by atoms with E-state index in [2.05, 4.69) is 23.3 Å². The predicted molar refractivity (Wildman–Crippen MR) is 77.3 cm³/mol. The lowest BCUT2D eigenvalue weighted by atomic mass is 10.1. The third kappa shape index (κ3) is 3.25. The van der Waals surface area contributed by atoms with E-state index in [1.165, 1.54) is 5.56 Å². The van der Waals surface area contributed by atoms with Crippen molar-refractivity contribution in [2.45, 2.75) is 22.9 Å². The predicted octanol–water partition coefficient (Wildman–Crippen LogP) is 4.17. The van der Waals surface area contributed by atoms with E-state index in [1.54, 1.807) is 11.8 Å². The Bertz CT molecular complexity index is 531. The van der Waals surface area contributed by atoms with Crippen molar-refractivity contribution in [3.05, 3.63) is 53.2 Å². The van der Waals surface area contributed by atoms with Crippen LogP contribution >= 0.6 is 23.4 Å². The van der Waals surface area contributed by atoms with Crippen molar-refractivity contribution in [1.29, 1.82) is 0 Å². The summed E-state index contributed by atoms with van der Waals surface area (Å²) in [5, 5.41) is 4.94. The molecular formula is C14H15ClN2S.